The van der Waals surface area contributed by atoms with Crippen LogP contribution in [0.5, 0.6) is 11.5 Å². The Kier molecular flexibility index (Phi) is 3.01. The number of halogens is 4. The number of hydrogen-bond acceptors (Lipinski definition) is 2. The maximum absolute atomic E-state index is 9.54. The summed E-state index contributed by atoms with van der Waals surface area (Å²) in [6.07, 6.45) is 0. The van der Waals surface area contributed by atoms with E-state index in [1.807, 2.05) is 0 Å². The fraction of sp³-hybridized carbons (Fsp3) is 0. The minimum atomic E-state index is -0.242. The van der Waals surface area contributed by atoms with E-state index in [0.717, 1.165) is 0 Å². The van der Waals surface area contributed by atoms with Crippen LogP contribution in [0.4, 0.5) is 0 Å². The molecular formula is C10H4Cl4O2. The van der Waals surface area contributed by atoms with Gasteiger partial charge in [0.1, 0.15) is 0 Å². The first-order valence-corrected chi connectivity index (χ1v) is 5.62. The Morgan fingerprint density at radius 2 is 1.00 bits per heavy atom. The third-order valence-electron chi connectivity index (χ3n) is 2.17. The van der Waals surface area contributed by atoms with Gasteiger partial charge in [0.15, 0.2) is 11.5 Å². The van der Waals surface area contributed by atoms with Crippen LogP contribution in [0, 0.1) is 0 Å². The number of aromatic hydroxyl groups is 2. The van der Waals surface area contributed by atoms with Crippen LogP contribution in [0.1, 0.15) is 0 Å². The fourth-order valence-electron chi connectivity index (χ4n) is 1.37. The zero-order valence-electron chi connectivity index (χ0n) is 7.56. The van der Waals surface area contributed by atoms with Crippen molar-refractivity contribution in [1.29, 1.82) is 0 Å². The third kappa shape index (κ3) is 1.66. The summed E-state index contributed by atoms with van der Waals surface area (Å²) in [5, 5.41) is 20.1. The smallest absolute Gasteiger partial charge is 0.153 e. The molecule has 6 heteroatoms. The van der Waals surface area contributed by atoms with E-state index in [9.17, 15) is 10.2 Å². The number of rotatable bonds is 0. The van der Waals surface area contributed by atoms with E-state index in [2.05, 4.69) is 0 Å². The maximum atomic E-state index is 9.54. The largest absolute Gasteiger partial charge is 0.505 e. The molecule has 0 aliphatic carbocycles. The van der Waals surface area contributed by atoms with Crippen molar-refractivity contribution in [3.8, 4) is 11.5 Å². The van der Waals surface area contributed by atoms with E-state index in [1.165, 1.54) is 12.1 Å². The van der Waals surface area contributed by atoms with Crippen molar-refractivity contribution in [2.45, 2.75) is 0 Å². The molecule has 0 heterocycles. The molecule has 0 radical (unpaired) electrons. The zero-order chi connectivity index (χ0) is 12.0. The highest BCUT2D eigenvalue weighted by Gasteiger charge is 2.16. The average Bonchev–Trinajstić information content (AvgIpc) is 2.25. The summed E-state index contributed by atoms with van der Waals surface area (Å²) in [4.78, 5) is 0. The lowest BCUT2D eigenvalue weighted by Crippen LogP contribution is -1.81. The molecule has 0 unspecified atom stereocenters. The average molecular weight is 298 g/mol. The minimum Gasteiger partial charge on any atom is -0.505 e. The molecule has 0 fully saturated rings. The first-order valence-electron chi connectivity index (χ1n) is 4.11. The molecule has 0 saturated heterocycles. The van der Waals surface area contributed by atoms with Crippen molar-refractivity contribution in [1.82, 2.24) is 0 Å². The summed E-state index contributed by atoms with van der Waals surface area (Å²) in [5.41, 5.74) is 0. The molecule has 0 atom stereocenters. The van der Waals surface area contributed by atoms with E-state index in [-0.39, 0.29) is 31.6 Å². The molecule has 2 nitrogen and oxygen atoms in total. The lowest BCUT2D eigenvalue weighted by molar-refractivity contribution is 0.474. The Bertz CT molecular complexity index is 542. The number of hydrogen-bond donors (Lipinski definition) is 2. The maximum Gasteiger partial charge on any atom is 0.153 e. The molecule has 0 spiro atoms. The van der Waals surface area contributed by atoms with Gasteiger partial charge >= 0.3 is 0 Å². The summed E-state index contributed by atoms with van der Waals surface area (Å²) >= 11 is 23.3. The van der Waals surface area contributed by atoms with Gasteiger partial charge in [-0.1, -0.05) is 46.4 Å². The van der Waals surface area contributed by atoms with Gasteiger partial charge in [0, 0.05) is 10.8 Å². The number of fused-ring (bicyclic) bond motifs is 1. The van der Waals surface area contributed by atoms with Crippen molar-refractivity contribution >= 4 is 57.2 Å². The summed E-state index contributed by atoms with van der Waals surface area (Å²) in [5.74, 6) is -0.484. The SMILES string of the molecule is Oc1c(Cl)cc2c(Cl)c(O)c(Cl)cc2c1Cl. The summed E-state index contributed by atoms with van der Waals surface area (Å²) in [6.45, 7) is 0. The van der Waals surface area contributed by atoms with Crippen LogP contribution in [0.3, 0.4) is 0 Å². The lowest BCUT2D eigenvalue weighted by atomic mass is 10.1. The molecule has 2 rings (SSSR count). The first-order chi connectivity index (χ1) is 7.43. The Labute approximate surface area is 111 Å². The fourth-order valence-corrected chi connectivity index (χ4v) is 2.39. The van der Waals surface area contributed by atoms with E-state index in [4.69, 9.17) is 46.4 Å². The molecule has 0 aromatic heterocycles. The van der Waals surface area contributed by atoms with Crippen molar-refractivity contribution in [2.75, 3.05) is 0 Å². The molecule has 0 aliphatic rings. The van der Waals surface area contributed by atoms with Crippen molar-refractivity contribution in [2.24, 2.45) is 0 Å². The first kappa shape index (κ1) is 11.9. The highest BCUT2D eigenvalue weighted by molar-refractivity contribution is 6.46. The van der Waals surface area contributed by atoms with Gasteiger partial charge in [-0.2, -0.15) is 0 Å². The van der Waals surface area contributed by atoms with Crippen LogP contribution >= 0.6 is 46.4 Å². The van der Waals surface area contributed by atoms with Gasteiger partial charge in [0.25, 0.3) is 0 Å². The van der Waals surface area contributed by atoms with Gasteiger partial charge in [-0.25, -0.2) is 0 Å². The predicted molar refractivity (Wildman–Crippen MR) is 67.3 cm³/mol. The molecule has 0 bridgehead atoms. The zero-order valence-corrected chi connectivity index (χ0v) is 10.6. The molecule has 0 amide bonds. The second-order valence-electron chi connectivity index (χ2n) is 3.14. The van der Waals surface area contributed by atoms with Crippen LogP contribution in [-0.2, 0) is 0 Å². The van der Waals surface area contributed by atoms with E-state index in [1.54, 1.807) is 0 Å². The predicted octanol–water partition coefficient (Wildman–Crippen LogP) is 4.86. The van der Waals surface area contributed by atoms with E-state index < -0.39 is 0 Å². The van der Waals surface area contributed by atoms with Crippen LogP contribution < -0.4 is 0 Å². The van der Waals surface area contributed by atoms with Crippen LogP contribution in [-0.4, -0.2) is 10.2 Å². The monoisotopic (exact) mass is 296 g/mol. The molecule has 0 aliphatic heterocycles. The summed E-state index contributed by atoms with van der Waals surface area (Å²) in [7, 11) is 0. The van der Waals surface area contributed by atoms with Crippen LogP contribution in [0.15, 0.2) is 12.1 Å². The second-order valence-corrected chi connectivity index (χ2v) is 4.71. The summed E-state index contributed by atoms with van der Waals surface area (Å²) < 4.78 is 0. The van der Waals surface area contributed by atoms with Gasteiger partial charge in [-0.15, -0.1) is 0 Å². The Morgan fingerprint density at radius 3 is 1.31 bits per heavy atom. The van der Waals surface area contributed by atoms with Gasteiger partial charge < -0.3 is 10.2 Å². The van der Waals surface area contributed by atoms with Gasteiger partial charge in [-0.3, -0.25) is 0 Å². The normalized spacial score (nSPS) is 11.0. The number of benzene rings is 2. The van der Waals surface area contributed by atoms with Crippen molar-refractivity contribution in [3.05, 3.63) is 32.2 Å². The van der Waals surface area contributed by atoms with Gasteiger partial charge in [0.2, 0.25) is 0 Å². The van der Waals surface area contributed by atoms with Gasteiger partial charge in [0.05, 0.1) is 20.1 Å². The van der Waals surface area contributed by atoms with Gasteiger partial charge in [-0.05, 0) is 12.1 Å². The molecular weight excluding hydrogens is 294 g/mol. The van der Waals surface area contributed by atoms with Crippen molar-refractivity contribution in [3.63, 3.8) is 0 Å². The molecule has 16 heavy (non-hydrogen) atoms. The van der Waals surface area contributed by atoms with Crippen LogP contribution in [0.2, 0.25) is 20.1 Å². The molecule has 84 valence electrons. The number of phenolic OH excluding ortho intramolecular Hbond substituents is 2. The molecule has 2 aromatic rings. The highest BCUT2D eigenvalue weighted by atomic mass is 35.5. The Morgan fingerprint density at radius 1 is 0.688 bits per heavy atom. The number of phenols is 2. The standard InChI is InChI=1S/C10H4Cl4O2/c11-5-1-3-4(8(14)9(5)15)2-6(12)10(16)7(3)13/h1-2,15-16H. The molecule has 2 aromatic carbocycles. The lowest BCUT2D eigenvalue weighted by Gasteiger charge is -2.09. The summed E-state index contributed by atoms with van der Waals surface area (Å²) in [6, 6.07) is 2.83. The van der Waals surface area contributed by atoms with E-state index >= 15 is 0 Å². The third-order valence-corrected chi connectivity index (χ3v) is 3.51. The topological polar surface area (TPSA) is 40.5 Å². The highest BCUT2D eigenvalue weighted by Crippen LogP contribution is 2.45. The van der Waals surface area contributed by atoms with Crippen LogP contribution in [0.25, 0.3) is 10.8 Å². The molecule has 0 saturated carbocycles. The second kappa shape index (κ2) is 4.04. The Hall–Kier alpha value is -0.540. The molecule has 2 N–H and O–H groups in total. The minimum absolute atomic E-state index is 0.0475. The van der Waals surface area contributed by atoms with E-state index in [0.29, 0.717) is 10.8 Å². The quantitative estimate of drug-likeness (QED) is 0.728. The Balaban J connectivity index is 3.02. The van der Waals surface area contributed by atoms with Crippen molar-refractivity contribution < 1.29 is 10.2 Å².